The first-order chi connectivity index (χ1) is 21.4. The largest absolute Gasteiger partial charge is 0.461 e. The maximum absolute atomic E-state index is 16.3. The standard InChI is InChI=1S/C28H28F7N7O.C2H6/c29-18-12-20(36)38-23(21(18)28(33,34)35)16-3-4-17-24(22(16)32)39-26(43-14-27-5-1-8-42(27)9-2-6-27)40-25(17)41-10-7-37-15(13-41)11-19(30)31;1-2/h3-4,11-12,15,37H,1-2,5-10,13-14H2,(H2,36,38);1-2H3. The fourth-order valence-corrected chi connectivity index (χ4v) is 6.51. The Bertz CT molecular complexity index is 1570. The number of aromatic nitrogens is 3. The molecule has 3 saturated heterocycles. The Kier molecular flexibility index (Phi) is 9.40. The van der Waals surface area contributed by atoms with E-state index >= 15 is 4.39 Å². The van der Waals surface area contributed by atoms with Crippen LogP contribution in [0.5, 0.6) is 6.01 Å². The van der Waals surface area contributed by atoms with E-state index in [0.29, 0.717) is 19.2 Å². The SMILES string of the molecule is CC.Nc1cc(F)c(C(F)(F)F)c(-c2ccc3c(N4CCNC(C=C(F)F)C4)nc(OCC45CCCN4CCC5)nc3c2F)n1. The van der Waals surface area contributed by atoms with E-state index in [2.05, 4.69) is 25.2 Å². The molecule has 0 aliphatic carbocycles. The van der Waals surface area contributed by atoms with Gasteiger partial charge in [-0.1, -0.05) is 13.8 Å². The first-order valence-corrected chi connectivity index (χ1v) is 14.9. The third-order valence-corrected chi connectivity index (χ3v) is 8.41. The number of alkyl halides is 3. The zero-order valence-electron chi connectivity index (χ0n) is 24.8. The number of anilines is 2. The van der Waals surface area contributed by atoms with E-state index < -0.39 is 52.6 Å². The molecule has 8 nitrogen and oxygen atoms in total. The van der Waals surface area contributed by atoms with Gasteiger partial charge in [0.05, 0.1) is 11.2 Å². The summed E-state index contributed by atoms with van der Waals surface area (Å²) >= 11 is 0. The Hall–Kier alpha value is -3.72. The zero-order chi connectivity index (χ0) is 32.5. The smallest absolute Gasteiger partial charge is 0.421 e. The third kappa shape index (κ3) is 6.50. The topological polar surface area (TPSA) is 92.4 Å². The molecule has 1 unspecified atom stereocenters. The fraction of sp³-hybridized carbons (Fsp3) is 0.500. The Balaban J connectivity index is 0.00000196. The van der Waals surface area contributed by atoms with E-state index in [1.807, 2.05) is 13.8 Å². The van der Waals surface area contributed by atoms with E-state index in [-0.39, 0.29) is 41.4 Å². The van der Waals surface area contributed by atoms with Crippen LogP contribution in [0.2, 0.25) is 0 Å². The molecule has 0 spiro atoms. The molecular weight excluding hydrogens is 607 g/mol. The van der Waals surface area contributed by atoms with Crippen molar-refractivity contribution < 1.29 is 35.5 Å². The first kappa shape index (κ1) is 32.7. The van der Waals surface area contributed by atoms with Crippen LogP contribution in [0.25, 0.3) is 22.2 Å². The Morgan fingerprint density at radius 1 is 1.09 bits per heavy atom. The van der Waals surface area contributed by atoms with Gasteiger partial charge in [-0.05, 0) is 57.0 Å². The van der Waals surface area contributed by atoms with E-state index in [1.54, 1.807) is 4.90 Å². The van der Waals surface area contributed by atoms with Crippen molar-refractivity contribution >= 4 is 22.5 Å². The molecule has 2 aromatic heterocycles. The number of halogens is 7. The van der Waals surface area contributed by atoms with Crippen molar-refractivity contribution in [1.82, 2.24) is 25.2 Å². The van der Waals surface area contributed by atoms with Crippen LogP contribution >= 0.6 is 0 Å². The van der Waals surface area contributed by atoms with E-state index in [4.69, 9.17) is 10.5 Å². The minimum absolute atomic E-state index is 0.0458. The van der Waals surface area contributed by atoms with E-state index in [9.17, 15) is 26.3 Å². The highest BCUT2D eigenvalue weighted by atomic mass is 19.4. The van der Waals surface area contributed by atoms with Crippen LogP contribution in [0.4, 0.5) is 42.4 Å². The van der Waals surface area contributed by atoms with Gasteiger partial charge in [0.15, 0.2) is 5.82 Å². The summed E-state index contributed by atoms with van der Waals surface area (Å²) in [5, 5.41) is 3.07. The molecule has 3 aromatic rings. The third-order valence-electron chi connectivity index (χ3n) is 8.41. The molecule has 0 bridgehead atoms. The highest BCUT2D eigenvalue weighted by Gasteiger charge is 2.45. The van der Waals surface area contributed by atoms with Crippen molar-refractivity contribution in [2.24, 2.45) is 0 Å². The molecule has 5 heterocycles. The predicted molar refractivity (Wildman–Crippen MR) is 156 cm³/mol. The predicted octanol–water partition coefficient (Wildman–Crippen LogP) is 6.16. The maximum atomic E-state index is 16.3. The molecule has 6 rings (SSSR count). The molecule has 0 radical (unpaired) electrons. The summed E-state index contributed by atoms with van der Waals surface area (Å²) in [6, 6.07) is 1.79. The first-order valence-electron chi connectivity index (χ1n) is 14.9. The summed E-state index contributed by atoms with van der Waals surface area (Å²) in [5.41, 5.74) is 1.49. The molecule has 244 valence electrons. The van der Waals surface area contributed by atoms with Gasteiger partial charge in [0.2, 0.25) is 0 Å². The van der Waals surface area contributed by atoms with Crippen LogP contribution < -0.4 is 20.7 Å². The van der Waals surface area contributed by atoms with Gasteiger partial charge in [-0.2, -0.15) is 31.9 Å². The zero-order valence-corrected chi connectivity index (χ0v) is 24.8. The van der Waals surface area contributed by atoms with Crippen LogP contribution in [0, 0.1) is 11.6 Å². The monoisotopic (exact) mass is 641 g/mol. The van der Waals surface area contributed by atoms with Gasteiger partial charge >= 0.3 is 12.2 Å². The lowest BCUT2D eigenvalue weighted by Crippen LogP contribution is -2.50. The summed E-state index contributed by atoms with van der Waals surface area (Å²) in [7, 11) is 0. The second kappa shape index (κ2) is 12.9. The molecular formula is C30H34F7N7O. The van der Waals surface area contributed by atoms with Gasteiger partial charge in [-0.15, -0.1) is 0 Å². The number of hydrogen-bond acceptors (Lipinski definition) is 8. The van der Waals surface area contributed by atoms with Crippen molar-refractivity contribution in [3.63, 3.8) is 0 Å². The highest BCUT2D eigenvalue weighted by Crippen LogP contribution is 2.42. The summed E-state index contributed by atoms with van der Waals surface area (Å²) in [5.74, 6) is -3.31. The number of pyridine rings is 1. The average molecular weight is 642 g/mol. The molecule has 45 heavy (non-hydrogen) atoms. The molecule has 0 amide bonds. The molecule has 3 aliphatic rings. The molecule has 3 fully saturated rings. The van der Waals surface area contributed by atoms with Crippen molar-refractivity contribution in [1.29, 1.82) is 0 Å². The van der Waals surface area contributed by atoms with Crippen LogP contribution in [-0.4, -0.2) is 70.8 Å². The number of nitrogens with one attached hydrogen (secondary N) is 1. The van der Waals surface area contributed by atoms with Gasteiger partial charge in [-0.3, -0.25) is 4.90 Å². The summed E-state index contributed by atoms with van der Waals surface area (Å²) in [6.45, 7) is 6.74. The number of nitrogens with two attached hydrogens (primary N) is 1. The summed E-state index contributed by atoms with van der Waals surface area (Å²) in [6.07, 6.45) is -2.51. The quantitative estimate of drug-likeness (QED) is 0.309. The molecule has 0 saturated carbocycles. The van der Waals surface area contributed by atoms with Crippen LogP contribution in [-0.2, 0) is 6.18 Å². The Morgan fingerprint density at radius 2 is 1.80 bits per heavy atom. The highest BCUT2D eigenvalue weighted by molar-refractivity contribution is 5.93. The van der Waals surface area contributed by atoms with Crippen LogP contribution in [0.3, 0.4) is 0 Å². The fourth-order valence-electron chi connectivity index (χ4n) is 6.51. The second-order valence-electron chi connectivity index (χ2n) is 11.1. The number of hydrogen-bond donors (Lipinski definition) is 2. The summed E-state index contributed by atoms with van der Waals surface area (Å²) < 4.78 is 104. The lowest BCUT2D eigenvalue weighted by molar-refractivity contribution is -0.139. The van der Waals surface area contributed by atoms with Gasteiger partial charge in [-0.25, -0.2) is 13.8 Å². The van der Waals surface area contributed by atoms with E-state index in [0.717, 1.165) is 50.9 Å². The number of nitrogen functional groups attached to an aromatic ring is 1. The van der Waals surface area contributed by atoms with Crippen LogP contribution in [0.1, 0.15) is 45.1 Å². The van der Waals surface area contributed by atoms with Gasteiger partial charge in [0.25, 0.3) is 6.08 Å². The molecule has 15 heteroatoms. The van der Waals surface area contributed by atoms with Gasteiger partial charge in [0.1, 0.15) is 35.1 Å². The molecule has 1 aromatic carbocycles. The second-order valence-corrected chi connectivity index (χ2v) is 11.1. The number of benzene rings is 1. The minimum Gasteiger partial charge on any atom is -0.461 e. The van der Waals surface area contributed by atoms with Crippen molar-refractivity contribution in [3.8, 4) is 17.3 Å². The molecule has 3 aliphatic heterocycles. The summed E-state index contributed by atoms with van der Waals surface area (Å²) in [4.78, 5) is 16.4. The van der Waals surface area contributed by atoms with Crippen molar-refractivity contribution in [3.05, 3.63) is 47.6 Å². The number of fused-ring (bicyclic) bond motifs is 2. The minimum atomic E-state index is -5.20. The lowest BCUT2D eigenvalue weighted by atomic mass is 9.95. The Morgan fingerprint density at radius 3 is 2.47 bits per heavy atom. The van der Waals surface area contributed by atoms with Gasteiger partial charge in [0, 0.05) is 42.7 Å². The van der Waals surface area contributed by atoms with Crippen molar-refractivity contribution in [2.75, 3.05) is 50.0 Å². The molecule has 1 atom stereocenters. The normalized spacial score (nSPS) is 19.7. The average Bonchev–Trinajstić information content (AvgIpc) is 3.56. The number of rotatable bonds is 6. The van der Waals surface area contributed by atoms with Gasteiger partial charge < -0.3 is 20.7 Å². The maximum Gasteiger partial charge on any atom is 0.421 e. The van der Waals surface area contributed by atoms with Crippen LogP contribution in [0.15, 0.2) is 30.4 Å². The number of piperazine rings is 1. The lowest BCUT2D eigenvalue weighted by Gasteiger charge is -2.34. The number of ether oxygens (including phenoxy) is 1. The Labute approximate surface area is 255 Å². The number of nitrogens with zero attached hydrogens (tertiary/aromatic N) is 5. The molecule has 3 N–H and O–H groups in total. The van der Waals surface area contributed by atoms with Crippen molar-refractivity contribution in [2.45, 2.75) is 57.3 Å². The van der Waals surface area contributed by atoms with E-state index in [1.165, 1.54) is 6.07 Å².